The largest absolute Gasteiger partial charge is 0.444 e. The minimum atomic E-state index is -0.417. The minimum Gasteiger partial charge on any atom is -0.444 e. The summed E-state index contributed by atoms with van der Waals surface area (Å²) in [6, 6.07) is 1.53. The van der Waals surface area contributed by atoms with Crippen molar-refractivity contribution in [2.24, 2.45) is 5.92 Å². The van der Waals surface area contributed by atoms with Gasteiger partial charge in [-0.3, -0.25) is 0 Å². The van der Waals surface area contributed by atoms with Crippen molar-refractivity contribution < 1.29 is 9.53 Å². The molecular formula is C18H34N2O2. The van der Waals surface area contributed by atoms with Crippen molar-refractivity contribution in [2.75, 3.05) is 0 Å². The van der Waals surface area contributed by atoms with Crippen molar-refractivity contribution >= 4 is 6.09 Å². The van der Waals surface area contributed by atoms with Gasteiger partial charge in [0.15, 0.2) is 0 Å². The molecule has 2 rings (SSSR count). The number of ether oxygens (including phenoxy) is 1. The third kappa shape index (κ3) is 5.79. The predicted molar refractivity (Wildman–Crippen MR) is 90.0 cm³/mol. The lowest BCUT2D eigenvalue weighted by Crippen LogP contribution is -2.46. The van der Waals surface area contributed by atoms with Crippen LogP contribution in [0.25, 0.3) is 0 Å². The molecule has 0 aliphatic heterocycles. The summed E-state index contributed by atoms with van der Waals surface area (Å²) in [5, 5.41) is 6.84. The van der Waals surface area contributed by atoms with E-state index in [0.717, 1.165) is 31.6 Å². The molecule has 0 radical (unpaired) electrons. The molecule has 2 saturated carbocycles. The lowest BCUT2D eigenvalue weighted by atomic mass is 9.89. The van der Waals surface area contributed by atoms with Crippen LogP contribution in [0.1, 0.15) is 79.1 Å². The smallest absolute Gasteiger partial charge is 0.407 e. The van der Waals surface area contributed by atoms with Gasteiger partial charge in [0.2, 0.25) is 0 Å². The van der Waals surface area contributed by atoms with Crippen LogP contribution in [0, 0.1) is 5.92 Å². The fourth-order valence-corrected chi connectivity index (χ4v) is 3.84. The average molecular weight is 310 g/mol. The number of rotatable bonds is 4. The van der Waals surface area contributed by atoms with Gasteiger partial charge in [-0.2, -0.15) is 0 Å². The van der Waals surface area contributed by atoms with Crippen LogP contribution in [-0.4, -0.2) is 29.8 Å². The maximum absolute atomic E-state index is 11.8. The lowest BCUT2D eigenvalue weighted by Gasteiger charge is -2.33. The first-order valence-electron chi connectivity index (χ1n) is 9.09. The van der Waals surface area contributed by atoms with E-state index in [-0.39, 0.29) is 12.1 Å². The van der Waals surface area contributed by atoms with Crippen LogP contribution in [0.4, 0.5) is 4.79 Å². The van der Waals surface area contributed by atoms with Crippen molar-refractivity contribution in [1.82, 2.24) is 10.6 Å². The first kappa shape index (κ1) is 17.6. The summed E-state index contributed by atoms with van der Waals surface area (Å²) in [6.45, 7) is 8.05. The van der Waals surface area contributed by atoms with Crippen molar-refractivity contribution in [2.45, 2.75) is 103 Å². The SMILES string of the molecule is C[C@H](NC1CCC(NC(=O)OC(C)(C)C)CC1)C1CCCC1. The third-order valence-corrected chi connectivity index (χ3v) is 5.05. The monoisotopic (exact) mass is 310 g/mol. The van der Waals surface area contributed by atoms with Gasteiger partial charge in [-0.25, -0.2) is 4.79 Å². The van der Waals surface area contributed by atoms with Gasteiger partial charge in [0, 0.05) is 18.1 Å². The molecule has 2 aliphatic rings. The summed E-state index contributed by atoms with van der Waals surface area (Å²) < 4.78 is 5.33. The molecule has 2 fully saturated rings. The summed E-state index contributed by atoms with van der Waals surface area (Å²) in [5.74, 6) is 0.873. The summed E-state index contributed by atoms with van der Waals surface area (Å²) in [5.41, 5.74) is -0.417. The molecule has 1 atom stereocenters. The van der Waals surface area contributed by atoms with Crippen LogP contribution in [0.15, 0.2) is 0 Å². The maximum atomic E-state index is 11.8. The average Bonchev–Trinajstić information content (AvgIpc) is 2.92. The van der Waals surface area contributed by atoms with Gasteiger partial charge >= 0.3 is 6.09 Å². The summed E-state index contributed by atoms with van der Waals surface area (Å²) in [6.07, 6.45) is 9.72. The number of amides is 1. The second-order valence-electron chi connectivity index (χ2n) is 8.19. The van der Waals surface area contributed by atoms with Gasteiger partial charge in [0.1, 0.15) is 5.60 Å². The van der Waals surface area contributed by atoms with E-state index in [1.54, 1.807) is 0 Å². The highest BCUT2D eigenvalue weighted by molar-refractivity contribution is 5.68. The van der Waals surface area contributed by atoms with Crippen molar-refractivity contribution in [3.63, 3.8) is 0 Å². The second-order valence-corrected chi connectivity index (χ2v) is 8.19. The van der Waals surface area contributed by atoms with Crippen molar-refractivity contribution in [3.8, 4) is 0 Å². The quantitative estimate of drug-likeness (QED) is 0.825. The summed E-state index contributed by atoms with van der Waals surface area (Å²) in [4.78, 5) is 11.8. The molecule has 1 amide bonds. The Kier molecular flexibility index (Phi) is 6.13. The van der Waals surface area contributed by atoms with Gasteiger partial charge in [-0.15, -0.1) is 0 Å². The highest BCUT2D eigenvalue weighted by Crippen LogP contribution is 2.29. The molecular weight excluding hydrogens is 276 g/mol. The maximum Gasteiger partial charge on any atom is 0.407 e. The molecule has 2 aliphatic carbocycles. The summed E-state index contributed by atoms with van der Waals surface area (Å²) in [7, 11) is 0. The Bertz CT molecular complexity index is 351. The fraction of sp³-hybridized carbons (Fsp3) is 0.944. The number of hydrogen-bond donors (Lipinski definition) is 2. The van der Waals surface area contributed by atoms with Gasteiger partial charge < -0.3 is 15.4 Å². The Morgan fingerprint density at radius 2 is 1.55 bits per heavy atom. The molecule has 2 N–H and O–H groups in total. The first-order valence-corrected chi connectivity index (χ1v) is 9.09. The standard InChI is InChI=1S/C18H34N2O2/c1-13(14-7-5-6-8-14)19-15-9-11-16(12-10-15)20-17(21)22-18(2,3)4/h13-16,19H,5-12H2,1-4H3,(H,20,21)/t13-,15?,16?/m0/s1. The topological polar surface area (TPSA) is 50.4 Å². The van der Waals surface area contributed by atoms with Crippen LogP contribution >= 0.6 is 0 Å². The number of hydrogen-bond acceptors (Lipinski definition) is 3. The molecule has 0 bridgehead atoms. The Morgan fingerprint density at radius 3 is 2.09 bits per heavy atom. The molecule has 0 saturated heterocycles. The number of alkyl carbamates (subject to hydrolysis) is 1. The van der Waals surface area contributed by atoms with Gasteiger partial charge in [0.05, 0.1) is 0 Å². The lowest BCUT2D eigenvalue weighted by molar-refractivity contribution is 0.0489. The normalized spacial score (nSPS) is 28.4. The molecule has 0 aromatic heterocycles. The molecule has 0 aromatic rings. The molecule has 0 spiro atoms. The van der Waals surface area contributed by atoms with E-state index in [1.807, 2.05) is 20.8 Å². The Morgan fingerprint density at radius 1 is 1.00 bits per heavy atom. The van der Waals surface area contributed by atoms with Gasteiger partial charge in [0.25, 0.3) is 0 Å². The second kappa shape index (κ2) is 7.67. The molecule has 0 unspecified atom stereocenters. The van der Waals surface area contributed by atoms with Crippen LogP contribution < -0.4 is 10.6 Å². The van der Waals surface area contributed by atoms with Crippen LogP contribution in [0.5, 0.6) is 0 Å². The first-order chi connectivity index (χ1) is 10.3. The Balaban J connectivity index is 1.66. The molecule has 4 heteroatoms. The zero-order valence-electron chi connectivity index (χ0n) is 14.8. The Hall–Kier alpha value is -0.770. The minimum absolute atomic E-state index is 0.273. The van der Waals surface area contributed by atoms with E-state index in [2.05, 4.69) is 17.6 Å². The van der Waals surface area contributed by atoms with Crippen molar-refractivity contribution in [1.29, 1.82) is 0 Å². The molecule has 22 heavy (non-hydrogen) atoms. The van der Waals surface area contributed by atoms with E-state index < -0.39 is 5.60 Å². The van der Waals surface area contributed by atoms with Gasteiger partial charge in [-0.05, 0) is 72.1 Å². The highest BCUT2D eigenvalue weighted by atomic mass is 16.6. The highest BCUT2D eigenvalue weighted by Gasteiger charge is 2.28. The zero-order valence-corrected chi connectivity index (χ0v) is 14.8. The molecule has 4 nitrogen and oxygen atoms in total. The van der Waals surface area contributed by atoms with E-state index in [1.165, 1.54) is 25.7 Å². The Labute approximate surface area is 135 Å². The fourth-order valence-electron chi connectivity index (χ4n) is 3.84. The van der Waals surface area contributed by atoms with Crippen LogP contribution in [-0.2, 0) is 4.74 Å². The number of carbonyl (C=O) groups is 1. The van der Waals surface area contributed by atoms with Gasteiger partial charge in [-0.1, -0.05) is 12.8 Å². The van der Waals surface area contributed by atoms with E-state index in [4.69, 9.17) is 4.74 Å². The molecule has 128 valence electrons. The van der Waals surface area contributed by atoms with E-state index in [0.29, 0.717) is 12.1 Å². The van der Waals surface area contributed by atoms with Crippen LogP contribution in [0.2, 0.25) is 0 Å². The van der Waals surface area contributed by atoms with Crippen molar-refractivity contribution in [3.05, 3.63) is 0 Å². The number of carbonyl (C=O) groups excluding carboxylic acids is 1. The molecule has 0 heterocycles. The number of nitrogens with one attached hydrogen (secondary N) is 2. The third-order valence-electron chi connectivity index (χ3n) is 5.05. The predicted octanol–water partition coefficient (Wildman–Crippen LogP) is 3.99. The van der Waals surface area contributed by atoms with E-state index in [9.17, 15) is 4.79 Å². The van der Waals surface area contributed by atoms with E-state index >= 15 is 0 Å². The summed E-state index contributed by atoms with van der Waals surface area (Å²) >= 11 is 0. The van der Waals surface area contributed by atoms with Crippen LogP contribution in [0.3, 0.4) is 0 Å². The zero-order chi connectivity index (χ0) is 16.2. The molecule has 0 aromatic carbocycles.